The van der Waals surface area contributed by atoms with Gasteiger partial charge in [-0.15, -0.1) is 0 Å². The standard InChI is InChI=1S/C16H15NO5S2/c1-9(14-15(20)17-16(23)24-14)3-4-10-5-6-11(21-2)12(7-10)22-8-13(18)19/h3-7H,8H2,1-2H3,(H,18,19)(H,17,20,23). The lowest BCUT2D eigenvalue weighted by Crippen LogP contribution is -2.18. The molecule has 1 saturated heterocycles. The van der Waals surface area contributed by atoms with Gasteiger partial charge in [-0.25, -0.2) is 4.79 Å². The Labute approximate surface area is 148 Å². The molecule has 0 aliphatic carbocycles. The van der Waals surface area contributed by atoms with Gasteiger partial charge in [0.15, 0.2) is 18.1 Å². The molecule has 1 aliphatic rings. The second kappa shape index (κ2) is 7.98. The molecule has 0 unspecified atom stereocenters. The van der Waals surface area contributed by atoms with Crippen molar-refractivity contribution in [3.63, 3.8) is 0 Å². The van der Waals surface area contributed by atoms with Gasteiger partial charge >= 0.3 is 5.97 Å². The number of thioether (sulfide) groups is 1. The molecule has 1 aromatic rings. The Morgan fingerprint density at radius 2 is 2.17 bits per heavy atom. The van der Waals surface area contributed by atoms with Crippen LogP contribution in [0.15, 0.2) is 34.8 Å². The van der Waals surface area contributed by atoms with E-state index in [1.54, 1.807) is 30.4 Å². The number of carbonyl (C=O) groups excluding carboxylic acids is 1. The number of carboxylic acid groups (broad SMARTS) is 1. The van der Waals surface area contributed by atoms with E-state index in [4.69, 9.17) is 26.8 Å². The molecular formula is C16H15NO5S2. The minimum absolute atomic E-state index is 0.202. The highest BCUT2D eigenvalue weighted by atomic mass is 32.2. The summed E-state index contributed by atoms with van der Waals surface area (Å²) in [5, 5.41) is 11.3. The van der Waals surface area contributed by atoms with E-state index < -0.39 is 12.6 Å². The van der Waals surface area contributed by atoms with Crippen LogP contribution in [0, 0.1) is 0 Å². The van der Waals surface area contributed by atoms with E-state index in [-0.39, 0.29) is 5.91 Å². The first-order valence-electron chi connectivity index (χ1n) is 6.85. The largest absolute Gasteiger partial charge is 0.493 e. The molecule has 1 aliphatic heterocycles. The molecule has 24 heavy (non-hydrogen) atoms. The van der Waals surface area contributed by atoms with E-state index in [9.17, 15) is 9.59 Å². The lowest BCUT2D eigenvalue weighted by Gasteiger charge is -2.09. The predicted molar refractivity (Wildman–Crippen MR) is 96.2 cm³/mol. The average Bonchev–Trinajstić information content (AvgIpc) is 2.89. The zero-order chi connectivity index (χ0) is 17.7. The second-order valence-corrected chi connectivity index (χ2v) is 6.47. The zero-order valence-corrected chi connectivity index (χ0v) is 14.6. The molecule has 1 aromatic carbocycles. The summed E-state index contributed by atoms with van der Waals surface area (Å²) in [5.41, 5.74) is 1.56. The third kappa shape index (κ3) is 4.59. The number of hydrogen-bond acceptors (Lipinski definition) is 6. The van der Waals surface area contributed by atoms with E-state index in [1.165, 1.54) is 18.9 Å². The summed E-state index contributed by atoms with van der Waals surface area (Å²) in [6.45, 7) is 1.36. The maximum atomic E-state index is 11.7. The molecule has 0 bridgehead atoms. The number of carbonyl (C=O) groups is 2. The minimum atomic E-state index is -1.07. The molecule has 2 rings (SSSR count). The van der Waals surface area contributed by atoms with Crippen LogP contribution in [0.25, 0.3) is 6.08 Å². The molecule has 0 spiro atoms. The Hall–Kier alpha value is -2.32. The summed E-state index contributed by atoms with van der Waals surface area (Å²) in [6.07, 6.45) is 3.59. The van der Waals surface area contributed by atoms with Gasteiger partial charge in [-0.2, -0.15) is 0 Å². The van der Waals surface area contributed by atoms with E-state index in [0.717, 1.165) is 11.1 Å². The van der Waals surface area contributed by atoms with E-state index in [0.29, 0.717) is 20.7 Å². The van der Waals surface area contributed by atoms with Crippen molar-refractivity contribution >= 4 is 46.3 Å². The van der Waals surface area contributed by atoms with Crippen molar-refractivity contribution in [2.24, 2.45) is 0 Å². The quantitative estimate of drug-likeness (QED) is 0.592. The van der Waals surface area contributed by atoms with Crippen molar-refractivity contribution in [3.05, 3.63) is 40.3 Å². The van der Waals surface area contributed by atoms with Gasteiger partial charge in [-0.3, -0.25) is 4.79 Å². The van der Waals surface area contributed by atoms with Crippen LogP contribution in [0.4, 0.5) is 0 Å². The van der Waals surface area contributed by atoms with Gasteiger partial charge in [-0.05, 0) is 30.2 Å². The van der Waals surface area contributed by atoms with E-state index in [1.807, 2.05) is 6.92 Å². The number of amides is 1. The highest BCUT2D eigenvalue weighted by Crippen LogP contribution is 2.30. The molecule has 1 amide bonds. The summed E-state index contributed by atoms with van der Waals surface area (Å²) < 4.78 is 10.8. The molecule has 8 heteroatoms. The van der Waals surface area contributed by atoms with Gasteiger partial charge in [0.05, 0.1) is 12.0 Å². The predicted octanol–water partition coefficient (Wildman–Crippen LogP) is 2.59. The number of thiocarbonyl (C=S) groups is 1. The summed E-state index contributed by atoms with van der Waals surface area (Å²) >= 11 is 6.19. The number of aliphatic carboxylic acids is 1. The lowest BCUT2D eigenvalue weighted by molar-refractivity contribution is -0.139. The number of nitrogens with one attached hydrogen (secondary N) is 1. The number of methoxy groups -OCH3 is 1. The van der Waals surface area contributed by atoms with Gasteiger partial charge < -0.3 is 19.9 Å². The third-order valence-electron chi connectivity index (χ3n) is 3.04. The van der Waals surface area contributed by atoms with Crippen LogP contribution in [0.5, 0.6) is 11.5 Å². The van der Waals surface area contributed by atoms with Crippen LogP contribution in [-0.2, 0) is 9.59 Å². The number of ether oxygens (including phenoxy) is 2. The second-order valence-electron chi connectivity index (χ2n) is 4.78. The molecule has 0 atom stereocenters. The van der Waals surface area contributed by atoms with Crippen LogP contribution in [0.1, 0.15) is 12.5 Å². The van der Waals surface area contributed by atoms with Crippen molar-refractivity contribution in [3.8, 4) is 11.5 Å². The Morgan fingerprint density at radius 1 is 1.42 bits per heavy atom. The summed E-state index contributed by atoms with van der Waals surface area (Å²) in [6, 6.07) is 5.15. The van der Waals surface area contributed by atoms with Crippen LogP contribution in [0.2, 0.25) is 0 Å². The van der Waals surface area contributed by atoms with Crippen LogP contribution in [-0.4, -0.2) is 35.0 Å². The van der Waals surface area contributed by atoms with Crippen molar-refractivity contribution in [1.29, 1.82) is 0 Å². The molecular weight excluding hydrogens is 350 g/mol. The fraction of sp³-hybridized carbons (Fsp3) is 0.188. The fourth-order valence-corrected chi connectivity index (χ4v) is 2.96. The summed E-state index contributed by atoms with van der Waals surface area (Å²) in [7, 11) is 1.48. The van der Waals surface area contributed by atoms with Crippen LogP contribution < -0.4 is 14.8 Å². The molecule has 6 nitrogen and oxygen atoms in total. The first-order valence-corrected chi connectivity index (χ1v) is 8.08. The summed E-state index contributed by atoms with van der Waals surface area (Å²) in [5.74, 6) is -0.493. The Bertz CT molecular complexity index is 755. The van der Waals surface area contributed by atoms with Crippen molar-refractivity contribution < 1.29 is 24.2 Å². The van der Waals surface area contributed by atoms with Gasteiger partial charge in [0.1, 0.15) is 4.32 Å². The maximum absolute atomic E-state index is 11.7. The molecule has 126 valence electrons. The SMILES string of the molecule is COc1ccc(C=CC(C)=C2SC(=S)NC2=O)cc1OCC(=O)O. The van der Waals surface area contributed by atoms with Gasteiger partial charge in [0, 0.05) is 0 Å². The normalized spacial score (nSPS) is 16.2. The Morgan fingerprint density at radius 3 is 2.75 bits per heavy atom. The minimum Gasteiger partial charge on any atom is -0.493 e. The molecule has 0 aromatic heterocycles. The van der Waals surface area contributed by atoms with Crippen LogP contribution in [0.3, 0.4) is 0 Å². The molecule has 2 N–H and O–H groups in total. The average molecular weight is 365 g/mol. The zero-order valence-electron chi connectivity index (χ0n) is 13.0. The number of benzene rings is 1. The Kier molecular flexibility index (Phi) is 5.99. The van der Waals surface area contributed by atoms with Crippen LogP contribution >= 0.6 is 24.0 Å². The molecule has 0 radical (unpaired) electrons. The van der Waals surface area contributed by atoms with Crippen molar-refractivity contribution in [1.82, 2.24) is 5.32 Å². The molecule has 0 saturated carbocycles. The Balaban J connectivity index is 2.21. The molecule has 1 heterocycles. The van der Waals surface area contributed by atoms with E-state index >= 15 is 0 Å². The fourth-order valence-electron chi connectivity index (χ4n) is 1.92. The van der Waals surface area contributed by atoms with Gasteiger partial charge in [-0.1, -0.05) is 42.2 Å². The first kappa shape index (κ1) is 18.0. The highest BCUT2D eigenvalue weighted by molar-refractivity contribution is 8.26. The van der Waals surface area contributed by atoms with E-state index in [2.05, 4.69) is 5.32 Å². The monoisotopic (exact) mass is 365 g/mol. The lowest BCUT2D eigenvalue weighted by atomic mass is 10.1. The van der Waals surface area contributed by atoms with Gasteiger partial charge in [0.2, 0.25) is 0 Å². The number of rotatable bonds is 6. The highest BCUT2D eigenvalue weighted by Gasteiger charge is 2.23. The van der Waals surface area contributed by atoms with Gasteiger partial charge in [0.25, 0.3) is 5.91 Å². The summed E-state index contributed by atoms with van der Waals surface area (Å²) in [4.78, 5) is 22.9. The number of allylic oxidation sites excluding steroid dienone is 2. The topological polar surface area (TPSA) is 84.9 Å². The smallest absolute Gasteiger partial charge is 0.341 e. The number of carboxylic acids is 1. The molecule has 1 fully saturated rings. The third-order valence-corrected chi connectivity index (χ3v) is 4.39. The maximum Gasteiger partial charge on any atom is 0.341 e. The van der Waals surface area contributed by atoms with Crippen molar-refractivity contribution in [2.75, 3.05) is 13.7 Å². The van der Waals surface area contributed by atoms with Crippen molar-refractivity contribution in [2.45, 2.75) is 6.92 Å². The first-order chi connectivity index (χ1) is 11.4. The number of hydrogen-bond donors (Lipinski definition) is 2.